The minimum Gasteiger partial charge on any atom is -0.383 e. The van der Waals surface area contributed by atoms with Crippen molar-refractivity contribution in [3.05, 3.63) is 5.38 Å². The highest BCUT2D eigenvalue weighted by atomic mass is 32.1. The van der Waals surface area contributed by atoms with E-state index in [2.05, 4.69) is 9.88 Å². The minimum atomic E-state index is 0.636. The van der Waals surface area contributed by atoms with Gasteiger partial charge < -0.3 is 15.4 Å². The molecule has 1 aromatic heterocycles. The standard InChI is InChI=1S/C11H19N3OS/c1-2-15-7-9-3-5-14(6-4-9)11-13-10(12)8-16-11/h8-9H,2-7,12H2,1H3. The largest absolute Gasteiger partial charge is 0.383 e. The van der Waals surface area contributed by atoms with Crippen LogP contribution in [0.3, 0.4) is 0 Å². The molecule has 0 amide bonds. The first kappa shape index (κ1) is 11.7. The number of ether oxygens (including phenoxy) is 1. The molecule has 0 atom stereocenters. The molecule has 1 aliphatic heterocycles. The average Bonchev–Trinajstić information content (AvgIpc) is 2.74. The molecular weight excluding hydrogens is 222 g/mol. The molecule has 2 heterocycles. The van der Waals surface area contributed by atoms with E-state index in [1.807, 2.05) is 12.3 Å². The van der Waals surface area contributed by atoms with E-state index in [-0.39, 0.29) is 0 Å². The molecule has 4 nitrogen and oxygen atoms in total. The maximum Gasteiger partial charge on any atom is 0.187 e. The number of nitrogen functional groups attached to an aromatic ring is 1. The van der Waals surface area contributed by atoms with Crippen molar-refractivity contribution < 1.29 is 4.74 Å². The Bertz CT molecular complexity index is 321. The lowest BCUT2D eigenvalue weighted by molar-refractivity contribution is 0.100. The lowest BCUT2D eigenvalue weighted by Gasteiger charge is -2.31. The Morgan fingerprint density at radius 3 is 2.88 bits per heavy atom. The molecule has 0 aliphatic carbocycles. The molecule has 1 aliphatic rings. The molecule has 2 N–H and O–H groups in total. The maximum absolute atomic E-state index is 5.63. The average molecular weight is 241 g/mol. The number of nitrogens with two attached hydrogens (primary N) is 1. The van der Waals surface area contributed by atoms with Crippen molar-refractivity contribution in [1.29, 1.82) is 0 Å². The summed E-state index contributed by atoms with van der Waals surface area (Å²) in [6.07, 6.45) is 2.39. The zero-order valence-electron chi connectivity index (χ0n) is 9.69. The number of piperidine rings is 1. The summed E-state index contributed by atoms with van der Waals surface area (Å²) in [4.78, 5) is 6.64. The second-order valence-corrected chi connectivity index (χ2v) is 4.98. The first-order valence-corrected chi connectivity index (χ1v) is 6.71. The fraction of sp³-hybridized carbons (Fsp3) is 0.727. The van der Waals surface area contributed by atoms with Crippen LogP contribution in [0.1, 0.15) is 19.8 Å². The molecule has 16 heavy (non-hydrogen) atoms. The van der Waals surface area contributed by atoms with Crippen LogP contribution >= 0.6 is 11.3 Å². The Morgan fingerprint density at radius 2 is 2.31 bits per heavy atom. The van der Waals surface area contributed by atoms with E-state index in [9.17, 15) is 0 Å². The summed E-state index contributed by atoms with van der Waals surface area (Å²) in [5.74, 6) is 1.35. The molecule has 0 aromatic carbocycles. The van der Waals surface area contributed by atoms with Crippen molar-refractivity contribution in [3.8, 4) is 0 Å². The van der Waals surface area contributed by atoms with Crippen molar-refractivity contribution >= 4 is 22.3 Å². The third-order valence-electron chi connectivity index (χ3n) is 2.95. The number of rotatable bonds is 4. The Morgan fingerprint density at radius 1 is 1.56 bits per heavy atom. The van der Waals surface area contributed by atoms with Gasteiger partial charge in [-0.05, 0) is 25.7 Å². The van der Waals surface area contributed by atoms with Crippen LogP contribution in [0.4, 0.5) is 10.9 Å². The van der Waals surface area contributed by atoms with Crippen LogP contribution in [-0.4, -0.2) is 31.3 Å². The number of hydrogen-bond donors (Lipinski definition) is 1. The van der Waals surface area contributed by atoms with Gasteiger partial charge in [0.1, 0.15) is 5.82 Å². The van der Waals surface area contributed by atoms with Gasteiger partial charge in [-0.2, -0.15) is 0 Å². The number of aromatic nitrogens is 1. The smallest absolute Gasteiger partial charge is 0.187 e. The number of hydrogen-bond acceptors (Lipinski definition) is 5. The van der Waals surface area contributed by atoms with E-state index >= 15 is 0 Å². The number of thiazole rings is 1. The van der Waals surface area contributed by atoms with Crippen molar-refractivity contribution in [2.75, 3.05) is 36.9 Å². The van der Waals surface area contributed by atoms with Gasteiger partial charge in [-0.15, -0.1) is 11.3 Å². The third kappa shape index (κ3) is 2.86. The van der Waals surface area contributed by atoms with Gasteiger partial charge in [-0.25, -0.2) is 4.98 Å². The number of nitrogens with zero attached hydrogens (tertiary/aromatic N) is 2. The third-order valence-corrected chi connectivity index (χ3v) is 3.87. The molecule has 90 valence electrons. The second-order valence-electron chi connectivity index (χ2n) is 4.14. The molecule has 1 fully saturated rings. The molecule has 0 saturated carbocycles. The van der Waals surface area contributed by atoms with Crippen LogP contribution < -0.4 is 10.6 Å². The Balaban J connectivity index is 1.81. The quantitative estimate of drug-likeness (QED) is 0.875. The van der Waals surface area contributed by atoms with Crippen molar-refractivity contribution in [2.45, 2.75) is 19.8 Å². The molecule has 1 saturated heterocycles. The van der Waals surface area contributed by atoms with Crippen LogP contribution in [0.15, 0.2) is 5.38 Å². The summed E-state index contributed by atoms with van der Waals surface area (Å²) >= 11 is 1.63. The van der Waals surface area contributed by atoms with Gasteiger partial charge in [0, 0.05) is 31.7 Å². The van der Waals surface area contributed by atoms with Crippen LogP contribution in [0, 0.1) is 5.92 Å². The maximum atomic E-state index is 5.63. The first-order valence-electron chi connectivity index (χ1n) is 5.83. The Kier molecular flexibility index (Phi) is 4.01. The second kappa shape index (κ2) is 5.50. The Labute approximate surface area is 100 Å². The summed E-state index contributed by atoms with van der Waals surface area (Å²) in [5.41, 5.74) is 5.63. The molecule has 0 spiro atoms. The monoisotopic (exact) mass is 241 g/mol. The number of anilines is 2. The zero-order valence-corrected chi connectivity index (χ0v) is 10.5. The molecule has 0 radical (unpaired) electrons. The van der Waals surface area contributed by atoms with E-state index in [0.29, 0.717) is 11.7 Å². The van der Waals surface area contributed by atoms with Crippen LogP contribution in [0.2, 0.25) is 0 Å². The van der Waals surface area contributed by atoms with E-state index in [4.69, 9.17) is 10.5 Å². The van der Waals surface area contributed by atoms with Gasteiger partial charge in [0.05, 0.1) is 0 Å². The van der Waals surface area contributed by atoms with Crippen LogP contribution in [0.5, 0.6) is 0 Å². The molecule has 5 heteroatoms. The van der Waals surface area contributed by atoms with Crippen molar-refractivity contribution in [2.24, 2.45) is 5.92 Å². The summed E-state index contributed by atoms with van der Waals surface area (Å²) in [6.45, 7) is 5.93. The van der Waals surface area contributed by atoms with Crippen molar-refractivity contribution in [1.82, 2.24) is 4.98 Å². The molecule has 1 aromatic rings. The lowest BCUT2D eigenvalue weighted by atomic mass is 9.98. The molecule has 2 rings (SSSR count). The minimum absolute atomic E-state index is 0.636. The summed E-state index contributed by atoms with van der Waals surface area (Å²) < 4.78 is 5.47. The van der Waals surface area contributed by atoms with E-state index in [0.717, 1.165) is 31.4 Å². The highest BCUT2D eigenvalue weighted by Crippen LogP contribution is 2.26. The predicted molar refractivity (Wildman–Crippen MR) is 68.0 cm³/mol. The van der Waals surface area contributed by atoms with E-state index in [1.54, 1.807) is 11.3 Å². The van der Waals surface area contributed by atoms with Gasteiger partial charge in [0.15, 0.2) is 5.13 Å². The van der Waals surface area contributed by atoms with Gasteiger partial charge in [-0.1, -0.05) is 0 Å². The van der Waals surface area contributed by atoms with Crippen LogP contribution in [-0.2, 0) is 4.74 Å². The van der Waals surface area contributed by atoms with Gasteiger partial charge in [0.2, 0.25) is 0 Å². The molecule has 0 unspecified atom stereocenters. The molecule has 0 bridgehead atoms. The van der Waals surface area contributed by atoms with Gasteiger partial charge in [-0.3, -0.25) is 0 Å². The van der Waals surface area contributed by atoms with Crippen molar-refractivity contribution in [3.63, 3.8) is 0 Å². The van der Waals surface area contributed by atoms with E-state index in [1.165, 1.54) is 12.8 Å². The van der Waals surface area contributed by atoms with E-state index < -0.39 is 0 Å². The Hall–Kier alpha value is -0.810. The lowest BCUT2D eigenvalue weighted by Crippen LogP contribution is -2.35. The fourth-order valence-electron chi connectivity index (χ4n) is 2.00. The van der Waals surface area contributed by atoms with Gasteiger partial charge >= 0.3 is 0 Å². The fourth-order valence-corrected chi connectivity index (χ4v) is 2.77. The van der Waals surface area contributed by atoms with Gasteiger partial charge in [0.25, 0.3) is 0 Å². The molecular formula is C11H19N3OS. The van der Waals surface area contributed by atoms with Crippen LogP contribution in [0.25, 0.3) is 0 Å². The summed E-state index contributed by atoms with van der Waals surface area (Å²) in [6, 6.07) is 0. The summed E-state index contributed by atoms with van der Waals surface area (Å²) in [7, 11) is 0. The zero-order chi connectivity index (χ0) is 11.4. The summed E-state index contributed by atoms with van der Waals surface area (Å²) in [5, 5.41) is 2.97. The first-order chi connectivity index (χ1) is 7.79. The SMILES string of the molecule is CCOCC1CCN(c2nc(N)cs2)CC1. The topological polar surface area (TPSA) is 51.4 Å². The highest BCUT2D eigenvalue weighted by Gasteiger charge is 2.20. The highest BCUT2D eigenvalue weighted by molar-refractivity contribution is 7.14. The predicted octanol–water partition coefficient (Wildman–Crippen LogP) is 1.98. The normalized spacial score (nSPS) is 17.9.